The molecule has 0 saturated carbocycles. The van der Waals surface area contributed by atoms with E-state index >= 15 is 0 Å². The molecule has 1 aliphatic heterocycles. The fraction of sp³-hybridized carbons (Fsp3) is 0.421. The Morgan fingerprint density at radius 1 is 1.32 bits per heavy atom. The average Bonchev–Trinajstić information content (AvgIpc) is 3.07. The van der Waals surface area contributed by atoms with Crippen molar-refractivity contribution in [3.8, 4) is 0 Å². The predicted molar refractivity (Wildman–Crippen MR) is 95.3 cm³/mol. The number of aryl methyl sites for hydroxylation is 1. The van der Waals surface area contributed by atoms with Crippen molar-refractivity contribution < 1.29 is 9.59 Å². The molecule has 0 radical (unpaired) electrons. The molecule has 0 aliphatic carbocycles. The Kier molecular flexibility index (Phi) is 4.88. The van der Waals surface area contributed by atoms with E-state index in [9.17, 15) is 9.59 Å². The van der Waals surface area contributed by atoms with Crippen LogP contribution in [0.5, 0.6) is 0 Å². The second-order valence-electron chi connectivity index (χ2n) is 6.90. The van der Waals surface area contributed by atoms with Gasteiger partial charge in [-0.3, -0.25) is 14.3 Å². The molecule has 1 aliphatic rings. The SMILES string of the molecule is Cc1ccccc1CC(=O)N[C@H]1Cc2cc(C(=O)NC(C)C)nn2C1. The Balaban J connectivity index is 1.56. The van der Waals surface area contributed by atoms with Crippen LogP contribution in [0.3, 0.4) is 0 Å². The van der Waals surface area contributed by atoms with Crippen LogP contribution < -0.4 is 10.6 Å². The third-order valence-corrected chi connectivity index (χ3v) is 4.34. The van der Waals surface area contributed by atoms with Gasteiger partial charge in [-0.2, -0.15) is 5.10 Å². The van der Waals surface area contributed by atoms with Crippen LogP contribution in [0.2, 0.25) is 0 Å². The lowest BCUT2D eigenvalue weighted by Crippen LogP contribution is -2.37. The third kappa shape index (κ3) is 4.07. The fourth-order valence-corrected chi connectivity index (χ4v) is 3.11. The first-order chi connectivity index (χ1) is 11.9. The van der Waals surface area contributed by atoms with E-state index in [4.69, 9.17) is 0 Å². The fourth-order valence-electron chi connectivity index (χ4n) is 3.11. The Hall–Kier alpha value is -2.63. The van der Waals surface area contributed by atoms with Gasteiger partial charge in [0.05, 0.1) is 19.0 Å². The molecular weight excluding hydrogens is 316 g/mol. The molecule has 0 fully saturated rings. The van der Waals surface area contributed by atoms with Crippen molar-refractivity contribution in [1.29, 1.82) is 0 Å². The molecule has 6 heteroatoms. The number of hydrogen-bond acceptors (Lipinski definition) is 3. The maximum Gasteiger partial charge on any atom is 0.271 e. The van der Waals surface area contributed by atoms with E-state index in [2.05, 4.69) is 15.7 Å². The van der Waals surface area contributed by atoms with Gasteiger partial charge in [-0.25, -0.2) is 0 Å². The summed E-state index contributed by atoms with van der Waals surface area (Å²) in [5.41, 5.74) is 3.59. The lowest BCUT2D eigenvalue weighted by atomic mass is 10.1. The van der Waals surface area contributed by atoms with Crippen molar-refractivity contribution in [3.63, 3.8) is 0 Å². The zero-order valence-corrected chi connectivity index (χ0v) is 14.9. The third-order valence-electron chi connectivity index (χ3n) is 4.34. The summed E-state index contributed by atoms with van der Waals surface area (Å²) in [6.07, 6.45) is 1.08. The summed E-state index contributed by atoms with van der Waals surface area (Å²) in [5.74, 6) is -0.139. The molecule has 1 aromatic heterocycles. The van der Waals surface area contributed by atoms with E-state index in [1.807, 2.05) is 55.8 Å². The maximum absolute atomic E-state index is 12.3. The molecular formula is C19H24N4O2. The summed E-state index contributed by atoms with van der Waals surface area (Å²) in [7, 11) is 0. The first-order valence-corrected chi connectivity index (χ1v) is 8.64. The zero-order valence-electron chi connectivity index (χ0n) is 14.9. The van der Waals surface area contributed by atoms with Gasteiger partial charge in [0.15, 0.2) is 0 Å². The topological polar surface area (TPSA) is 76.0 Å². The minimum Gasteiger partial charge on any atom is -0.351 e. The number of benzene rings is 1. The van der Waals surface area contributed by atoms with Gasteiger partial charge in [0.1, 0.15) is 5.69 Å². The molecule has 1 atom stereocenters. The summed E-state index contributed by atoms with van der Waals surface area (Å²) in [4.78, 5) is 24.3. The average molecular weight is 340 g/mol. The van der Waals surface area contributed by atoms with Gasteiger partial charge in [0.25, 0.3) is 5.91 Å². The number of fused-ring (bicyclic) bond motifs is 1. The van der Waals surface area contributed by atoms with Gasteiger partial charge >= 0.3 is 0 Å². The van der Waals surface area contributed by atoms with Crippen LogP contribution in [-0.4, -0.2) is 33.7 Å². The van der Waals surface area contributed by atoms with Gasteiger partial charge in [0.2, 0.25) is 5.91 Å². The summed E-state index contributed by atoms with van der Waals surface area (Å²) >= 11 is 0. The summed E-state index contributed by atoms with van der Waals surface area (Å²) < 4.78 is 1.81. The molecule has 0 spiro atoms. The van der Waals surface area contributed by atoms with Crippen LogP contribution in [-0.2, 0) is 24.2 Å². The smallest absolute Gasteiger partial charge is 0.271 e. The van der Waals surface area contributed by atoms with Crippen molar-refractivity contribution in [2.24, 2.45) is 0 Å². The maximum atomic E-state index is 12.3. The summed E-state index contributed by atoms with van der Waals surface area (Å²) in [5, 5.41) is 10.3. The number of amides is 2. The number of carbonyl (C=O) groups excluding carboxylic acids is 2. The number of nitrogens with zero attached hydrogens (tertiary/aromatic N) is 2. The van der Waals surface area contributed by atoms with Crippen molar-refractivity contribution in [3.05, 3.63) is 52.8 Å². The van der Waals surface area contributed by atoms with E-state index in [0.717, 1.165) is 16.8 Å². The van der Waals surface area contributed by atoms with Crippen molar-refractivity contribution >= 4 is 11.8 Å². The van der Waals surface area contributed by atoms with Crippen molar-refractivity contribution in [2.45, 2.75) is 52.2 Å². The van der Waals surface area contributed by atoms with Crippen LogP contribution >= 0.6 is 0 Å². The quantitative estimate of drug-likeness (QED) is 0.868. The molecule has 0 saturated heterocycles. The largest absolute Gasteiger partial charge is 0.351 e. The van der Waals surface area contributed by atoms with E-state index in [-0.39, 0.29) is 23.9 Å². The Labute approximate surface area is 147 Å². The van der Waals surface area contributed by atoms with Crippen LogP contribution in [0.25, 0.3) is 0 Å². The Morgan fingerprint density at radius 2 is 2.08 bits per heavy atom. The summed E-state index contributed by atoms with van der Waals surface area (Å²) in [6.45, 7) is 6.45. The Morgan fingerprint density at radius 3 is 2.76 bits per heavy atom. The first-order valence-electron chi connectivity index (χ1n) is 8.64. The normalized spacial score (nSPS) is 15.9. The number of aromatic nitrogens is 2. The molecule has 25 heavy (non-hydrogen) atoms. The van der Waals surface area contributed by atoms with E-state index in [0.29, 0.717) is 25.1 Å². The minimum atomic E-state index is -0.156. The second-order valence-corrected chi connectivity index (χ2v) is 6.90. The highest BCUT2D eigenvalue weighted by molar-refractivity contribution is 5.92. The van der Waals surface area contributed by atoms with Crippen LogP contribution in [0.15, 0.2) is 30.3 Å². The van der Waals surface area contributed by atoms with Gasteiger partial charge in [-0.1, -0.05) is 24.3 Å². The molecule has 6 nitrogen and oxygen atoms in total. The first kappa shape index (κ1) is 17.2. The minimum absolute atomic E-state index is 0.0165. The molecule has 2 heterocycles. The standard InChI is InChI=1S/C19H24N4O2/c1-12(2)20-19(25)17-10-16-9-15(11-23(16)22-17)21-18(24)8-14-7-5-4-6-13(14)3/h4-7,10,12,15H,8-9,11H2,1-3H3,(H,20,25)(H,21,24)/t15-/m0/s1. The van der Waals surface area contributed by atoms with Gasteiger partial charge < -0.3 is 10.6 Å². The molecule has 2 amide bonds. The highest BCUT2D eigenvalue weighted by atomic mass is 16.2. The molecule has 0 bridgehead atoms. The summed E-state index contributed by atoms with van der Waals surface area (Å²) in [6, 6.07) is 9.83. The number of nitrogens with one attached hydrogen (secondary N) is 2. The number of rotatable bonds is 5. The van der Waals surface area contributed by atoms with Gasteiger partial charge in [-0.15, -0.1) is 0 Å². The predicted octanol–water partition coefficient (Wildman–Crippen LogP) is 1.61. The van der Waals surface area contributed by atoms with Crippen molar-refractivity contribution in [1.82, 2.24) is 20.4 Å². The van der Waals surface area contributed by atoms with Crippen LogP contribution in [0.4, 0.5) is 0 Å². The second kappa shape index (κ2) is 7.09. The number of hydrogen-bond donors (Lipinski definition) is 2. The molecule has 132 valence electrons. The van der Waals surface area contributed by atoms with E-state index in [1.54, 1.807) is 0 Å². The van der Waals surface area contributed by atoms with Crippen LogP contribution in [0.1, 0.15) is 41.2 Å². The number of carbonyl (C=O) groups is 2. The highest BCUT2D eigenvalue weighted by Gasteiger charge is 2.26. The Bertz CT molecular complexity index is 771. The van der Waals surface area contributed by atoms with Gasteiger partial charge in [-0.05, 0) is 38.0 Å². The molecule has 0 unspecified atom stereocenters. The van der Waals surface area contributed by atoms with E-state index < -0.39 is 0 Å². The molecule has 3 rings (SSSR count). The lowest BCUT2D eigenvalue weighted by Gasteiger charge is -2.13. The van der Waals surface area contributed by atoms with Crippen molar-refractivity contribution in [2.75, 3.05) is 0 Å². The monoisotopic (exact) mass is 340 g/mol. The molecule has 2 N–H and O–H groups in total. The highest BCUT2D eigenvalue weighted by Crippen LogP contribution is 2.17. The van der Waals surface area contributed by atoms with E-state index in [1.165, 1.54) is 0 Å². The lowest BCUT2D eigenvalue weighted by molar-refractivity contribution is -0.121. The van der Waals surface area contributed by atoms with Gasteiger partial charge in [0, 0.05) is 18.2 Å². The zero-order chi connectivity index (χ0) is 18.0. The molecule has 1 aromatic carbocycles. The molecule has 2 aromatic rings. The van der Waals surface area contributed by atoms with Crippen LogP contribution in [0, 0.1) is 6.92 Å².